The largest absolute Gasteiger partial charge is 0.456 e. The SMILES string of the molecule is c1ccc(-c2cccc3c2-c2ccccc2C3c2cccc3c2oc2cc(C4=NC(c5ccc6ccccc6c5)N=C(c5ccc6ccccc6c5)N4)ccc23)cc1. The molecule has 272 valence electrons. The minimum absolute atomic E-state index is 0.0337. The van der Waals surface area contributed by atoms with Gasteiger partial charge in [0.15, 0.2) is 6.17 Å². The predicted octanol–water partition coefficient (Wildman–Crippen LogP) is 13.2. The molecule has 58 heavy (non-hydrogen) atoms. The Hall–Kier alpha value is -7.56. The normalized spacial score (nSPS) is 15.9. The van der Waals surface area contributed by atoms with Crippen molar-refractivity contribution >= 4 is 55.2 Å². The summed E-state index contributed by atoms with van der Waals surface area (Å²) < 4.78 is 6.98. The first-order valence-electron chi connectivity index (χ1n) is 19.9. The van der Waals surface area contributed by atoms with Gasteiger partial charge in [-0.2, -0.15) is 0 Å². The number of rotatable bonds is 5. The van der Waals surface area contributed by atoms with Crippen LogP contribution in [0.2, 0.25) is 0 Å². The maximum Gasteiger partial charge on any atom is 0.169 e. The van der Waals surface area contributed by atoms with Crippen molar-refractivity contribution in [2.45, 2.75) is 12.1 Å². The van der Waals surface area contributed by atoms with Gasteiger partial charge in [-0.05, 0) is 84.8 Å². The van der Waals surface area contributed by atoms with Gasteiger partial charge in [-0.25, -0.2) is 9.98 Å². The van der Waals surface area contributed by atoms with Gasteiger partial charge in [0.2, 0.25) is 0 Å². The lowest BCUT2D eigenvalue weighted by Crippen LogP contribution is -2.36. The lowest BCUT2D eigenvalue weighted by Gasteiger charge is -2.23. The first-order valence-corrected chi connectivity index (χ1v) is 19.9. The zero-order chi connectivity index (χ0) is 38.2. The molecule has 1 aromatic heterocycles. The van der Waals surface area contributed by atoms with Gasteiger partial charge in [-0.1, -0.05) is 170 Å². The molecular formula is C54H35N3O. The highest BCUT2D eigenvalue weighted by Crippen LogP contribution is 2.53. The molecule has 1 aliphatic heterocycles. The van der Waals surface area contributed by atoms with Crippen molar-refractivity contribution in [2.75, 3.05) is 0 Å². The summed E-state index contributed by atoms with van der Waals surface area (Å²) in [4.78, 5) is 10.5. The molecule has 2 unspecified atom stereocenters. The van der Waals surface area contributed by atoms with E-state index in [4.69, 9.17) is 14.4 Å². The van der Waals surface area contributed by atoms with Crippen LogP contribution in [0, 0.1) is 0 Å². The minimum Gasteiger partial charge on any atom is -0.456 e. The van der Waals surface area contributed by atoms with Crippen LogP contribution in [-0.4, -0.2) is 11.7 Å². The summed E-state index contributed by atoms with van der Waals surface area (Å²) in [6.45, 7) is 0. The molecule has 4 heteroatoms. The molecule has 12 rings (SSSR count). The Bertz CT molecular complexity index is 3340. The molecule has 0 saturated carbocycles. The maximum absolute atomic E-state index is 6.98. The van der Waals surface area contributed by atoms with E-state index in [0.29, 0.717) is 0 Å². The van der Waals surface area contributed by atoms with Crippen LogP contribution in [0.3, 0.4) is 0 Å². The molecular weight excluding hydrogens is 707 g/mol. The first kappa shape index (κ1) is 32.7. The third kappa shape index (κ3) is 5.23. The smallest absolute Gasteiger partial charge is 0.169 e. The van der Waals surface area contributed by atoms with Gasteiger partial charge in [0.05, 0.1) is 0 Å². The van der Waals surface area contributed by atoms with E-state index in [2.05, 4.69) is 199 Å². The Kier molecular flexibility index (Phi) is 7.32. The molecule has 1 N–H and O–H groups in total. The van der Waals surface area contributed by atoms with Crippen molar-refractivity contribution in [1.82, 2.24) is 5.32 Å². The number of nitrogens with one attached hydrogen (secondary N) is 1. The maximum atomic E-state index is 6.98. The molecule has 1 aliphatic carbocycles. The third-order valence-corrected chi connectivity index (χ3v) is 12.0. The topological polar surface area (TPSA) is 49.9 Å². The van der Waals surface area contributed by atoms with Crippen molar-refractivity contribution < 1.29 is 4.42 Å². The fourth-order valence-electron chi connectivity index (χ4n) is 9.24. The zero-order valence-corrected chi connectivity index (χ0v) is 31.4. The third-order valence-electron chi connectivity index (χ3n) is 12.0. The van der Waals surface area contributed by atoms with E-state index in [1.165, 1.54) is 60.5 Å². The zero-order valence-electron chi connectivity index (χ0n) is 31.4. The van der Waals surface area contributed by atoms with E-state index in [9.17, 15) is 0 Å². The van der Waals surface area contributed by atoms with Crippen molar-refractivity contribution in [1.29, 1.82) is 0 Å². The van der Waals surface area contributed by atoms with Gasteiger partial charge in [0.1, 0.15) is 22.8 Å². The molecule has 2 atom stereocenters. The van der Waals surface area contributed by atoms with Crippen LogP contribution in [0.1, 0.15) is 45.5 Å². The van der Waals surface area contributed by atoms with Gasteiger partial charge in [-0.15, -0.1) is 0 Å². The van der Waals surface area contributed by atoms with E-state index < -0.39 is 6.17 Å². The fourth-order valence-corrected chi connectivity index (χ4v) is 9.24. The van der Waals surface area contributed by atoms with Gasteiger partial charge < -0.3 is 9.73 Å². The average molecular weight is 742 g/mol. The summed E-state index contributed by atoms with van der Waals surface area (Å²) in [6, 6.07) is 69.3. The van der Waals surface area contributed by atoms with Crippen LogP contribution >= 0.6 is 0 Å². The second kappa shape index (κ2) is 13.0. The number of hydrogen-bond donors (Lipinski definition) is 1. The number of furan rings is 1. The molecule has 4 nitrogen and oxygen atoms in total. The molecule has 0 spiro atoms. The van der Waals surface area contributed by atoms with E-state index >= 15 is 0 Å². The average Bonchev–Trinajstić information content (AvgIpc) is 3.84. The summed E-state index contributed by atoms with van der Waals surface area (Å²) >= 11 is 0. The number of aliphatic imine (C=N–C) groups is 2. The Labute approximate surface area is 335 Å². The van der Waals surface area contributed by atoms with Crippen molar-refractivity contribution in [3.05, 3.63) is 228 Å². The molecule has 0 fully saturated rings. The van der Waals surface area contributed by atoms with Crippen LogP contribution in [0.5, 0.6) is 0 Å². The standard InChI is InChI=1S/C54H35N3O/c1-2-14-35(15-3-1)41-20-10-22-46-49(41)43-18-8-9-19-44(43)50(46)47-23-11-21-45-42-29-28-40(32-48(42)58-51(45)47)54-56-52(38-26-24-33-12-4-6-16-36(33)30-38)55-53(57-54)39-27-25-34-13-5-7-17-37(34)31-39/h1-32,50,52H,(H,55,56,57). The van der Waals surface area contributed by atoms with Crippen LogP contribution in [-0.2, 0) is 0 Å². The van der Waals surface area contributed by atoms with Crippen molar-refractivity contribution in [2.24, 2.45) is 9.98 Å². The number of nitrogens with zero attached hydrogens (tertiary/aromatic N) is 2. The Morgan fingerprint density at radius 1 is 0.414 bits per heavy atom. The highest BCUT2D eigenvalue weighted by molar-refractivity contribution is 6.18. The fraction of sp³-hybridized carbons (Fsp3) is 0.0370. The Morgan fingerprint density at radius 3 is 1.86 bits per heavy atom. The summed E-state index contributed by atoms with van der Waals surface area (Å²) in [5, 5.41) is 10.5. The molecule has 0 amide bonds. The lowest BCUT2D eigenvalue weighted by atomic mass is 9.87. The number of fused-ring (bicyclic) bond motifs is 8. The molecule has 0 radical (unpaired) electrons. The Morgan fingerprint density at radius 2 is 1.03 bits per heavy atom. The second-order valence-electron chi connectivity index (χ2n) is 15.3. The van der Waals surface area contributed by atoms with Gasteiger partial charge in [0.25, 0.3) is 0 Å². The van der Waals surface area contributed by atoms with Crippen LogP contribution < -0.4 is 5.32 Å². The molecule has 2 heterocycles. The Balaban J connectivity index is 0.984. The van der Waals surface area contributed by atoms with Gasteiger partial charge in [0, 0.05) is 33.4 Å². The number of amidine groups is 2. The second-order valence-corrected chi connectivity index (χ2v) is 15.3. The van der Waals surface area contributed by atoms with E-state index in [-0.39, 0.29) is 5.92 Å². The highest BCUT2D eigenvalue weighted by atomic mass is 16.3. The summed E-state index contributed by atoms with van der Waals surface area (Å²) in [6.07, 6.45) is -0.427. The molecule has 2 aliphatic rings. The summed E-state index contributed by atoms with van der Waals surface area (Å²) in [7, 11) is 0. The number of benzene rings is 9. The lowest BCUT2D eigenvalue weighted by molar-refractivity contribution is 0.661. The predicted molar refractivity (Wildman–Crippen MR) is 239 cm³/mol. The minimum atomic E-state index is -0.427. The van der Waals surface area contributed by atoms with Crippen molar-refractivity contribution in [3.8, 4) is 22.3 Å². The van der Waals surface area contributed by atoms with E-state index in [1.54, 1.807) is 0 Å². The van der Waals surface area contributed by atoms with Crippen LogP contribution in [0.15, 0.2) is 209 Å². The van der Waals surface area contributed by atoms with E-state index in [1.807, 2.05) is 0 Å². The van der Waals surface area contributed by atoms with Gasteiger partial charge in [-0.3, -0.25) is 0 Å². The van der Waals surface area contributed by atoms with E-state index in [0.717, 1.165) is 50.3 Å². The molecule has 0 bridgehead atoms. The van der Waals surface area contributed by atoms with Crippen LogP contribution in [0.4, 0.5) is 0 Å². The molecule has 9 aromatic carbocycles. The summed E-state index contributed by atoms with van der Waals surface area (Å²) in [5.74, 6) is 1.58. The highest BCUT2D eigenvalue weighted by Gasteiger charge is 2.34. The number of hydrogen-bond acceptors (Lipinski definition) is 4. The first-order chi connectivity index (χ1) is 28.7. The van der Waals surface area contributed by atoms with Crippen LogP contribution in [0.25, 0.3) is 65.7 Å². The molecule has 10 aromatic rings. The summed E-state index contributed by atoms with van der Waals surface area (Å²) in [5.41, 5.74) is 13.6. The van der Waals surface area contributed by atoms with Crippen molar-refractivity contribution in [3.63, 3.8) is 0 Å². The quantitative estimate of drug-likeness (QED) is 0.191. The number of para-hydroxylation sites is 1. The van der Waals surface area contributed by atoms with Gasteiger partial charge >= 0.3 is 0 Å². The monoisotopic (exact) mass is 741 g/mol. The molecule has 0 saturated heterocycles.